The van der Waals surface area contributed by atoms with Crippen LogP contribution in [-0.2, 0) is 4.79 Å². The topological polar surface area (TPSA) is 56.1 Å². The van der Waals surface area contributed by atoms with Crippen LogP contribution in [0.4, 0.5) is 4.39 Å². The van der Waals surface area contributed by atoms with Gasteiger partial charge in [0.2, 0.25) is 5.91 Å². The lowest BCUT2D eigenvalue weighted by atomic mass is 10.1. The van der Waals surface area contributed by atoms with Gasteiger partial charge in [-0.3, -0.25) is 4.79 Å². The smallest absolute Gasteiger partial charge is 0.237 e. The number of hydrogen-bond donors (Lipinski definition) is 1. The SMILES string of the molecule is N#CC(c1ccc(F)cc1)N1CCNCC1=O. The van der Waals surface area contributed by atoms with E-state index in [9.17, 15) is 9.18 Å². The second-order valence-corrected chi connectivity index (χ2v) is 3.85. The van der Waals surface area contributed by atoms with Gasteiger partial charge in [0.1, 0.15) is 11.9 Å². The maximum atomic E-state index is 12.8. The minimum absolute atomic E-state index is 0.105. The van der Waals surface area contributed by atoms with E-state index in [4.69, 9.17) is 5.26 Å². The van der Waals surface area contributed by atoms with E-state index in [-0.39, 0.29) is 18.3 Å². The number of piperazine rings is 1. The van der Waals surface area contributed by atoms with E-state index in [1.807, 2.05) is 0 Å². The van der Waals surface area contributed by atoms with Crippen molar-refractivity contribution in [3.05, 3.63) is 35.6 Å². The highest BCUT2D eigenvalue weighted by molar-refractivity contribution is 5.79. The summed E-state index contributed by atoms with van der Waals surface area (Å²) in [6, 6.07) is 7.14. The largest absolute Gasteiger partial charge is 0.320 e. The Kier molecular flexibility index (Phi) is 3.35. The molecule has 4 nitrogen and oxygen atoms in total. The maximum absolute atomic E-state index is 12.8. The molecule has 1 N–H and O–H groups in total. The van der Waals surface area contributed by atoms with Crippen molar-refractivity contribution >= 4 is 5.91 Å². The van der Waals surface area contributed by atoms with Crippen molar-refractivity contribution in [1.82, 2.24) is 10.2 Å². The molecule has 0 bridgehead atoms. The lowest BCUT2D eigenvalue weighted by Crippen LogP contribution is -2.49. The van der Waals surface area contributed by atoms with Crippen LogP contribution in [0.5, 0.6) is 0 Å². The van der Waals surface area contributed by atoms with Crippen molar-refractivity contribution < 1.29 is 9.18 Å². The minimum Gasteiger partial charge on any atom is -0.320 e. The van der Waals surface area contributed by atoms with Crippen LogP contribution in [0.3, 0.4) is 0 Å². The number of carbonyl (C=O) groups excluding carboxylic acids is 1. The highest BCUT2D eigenvalue weighted by Crippen LogP contribution is 2.21. The fourth-order valence-corrected chi connectivity index (χ4v) is 1.86. The monoisotopic (exact) mass is 233 g/mol. The van der Waals surface area contributed by atoms with Gasteiger partial charge in [0.25, 0.3) is 0 Å². The summed E-state index contributed by atoms with van der Waals surface area (Å²) < 4.78 is 12.8. The lowest BCUT2D eigenvalue weighted by Gasteiger charge is -2.31. The van der Waals surface area contributed by atoms with Gasteiger partial charge in [-0.25, -0.2) is 4.39 Å². The molecule has 0 aromatic heterocycles. The van der Waals surface area contributed by atoms with Crippen molar-refractivity contribution in [2.24, 2.45) is 0 Å². The molecule has 0 radical (unpaired) electrons. The van der Waals surface area contributed by atoms with Crippen LogP contribution in [0.25, 0.3) is 0 Å². The molecule has 1 aliphatic heterocycles. The molecule has 0 aliphatic carbocycles. The van der Waals surface area contributed by atoms with Crippen LogP contribution in [0.15, 0.2) is 24.3 Å². The summed E-state index contributed by atoms with van der Waals surface area (Å²) in [4.78, 5) is 13.2. The zero-order valence-electron chi connectivity index (χ0n) is 9.19. The number of nitrogens with zero attached hydrogens (tertiary/aromatic N) is 2. The molecule has 5 heteroatoms. The number of nitrogens with one attached hydrogen (secondary N) is 1. The average molecular weight is 233 g/mol. The van der Waals surface area contributed by atoms with Gasteiger partial charge in [-0.1, -0.05) is 12.1 Å². The number of rotatable bonds is 2. The first-order valence-corrected chi connectivity index (χ1v) is 5.37. The standard InChI is InChI=1S/C12H12FN3O/c13-10-3-1-9(2-4-10)11(7-14)16-6-5-15-8-12(16)17/h1-4,11,15H,5-6,8H2. The minimum atomic E-state index is -0.634. The van der Waals surface area contributed by atoms with E-state index in [1.54, 1.807) is 12.1 Å². The molecule has 1 amide bonds. The first-order valence-electron chi connectivity index (χ1n) is 5.37. The Labute approximate surface area is 98.6 Å². The van der Waals surface area contributed by atoms with Gasteiger partial charge in [0.15, 0.2) is 0 Å². The van der Waals surface area contributed by atoms with Gasteiger partial charge in [0.05, 0.1) is 12.6 Å². The molecule has 1 aromatic carbocycles. The van der Waals surface area contributed by atoms with Gasteiger partial charge >= 0.3 is 0 Å². The predicted octanol–water partition coefficient (Wildman–Crippen LogP) is 0.822. The number of benzene rings is 1. The van der Waals surface area contributed by atoms with Crippen molar-refractivity contribution in [3.63, 3.8) is 0 Å². The molecule has 1 atom stereocenters. The van der Waals surface area contributed by atoms with Crippen LogP contribution < -0.4 is 5.32 Å². The Morgan fingerprint density at radius 2 is 2.12 bits per heavy atom. The zero-order valence-corrected chi connectivity index (χ0v) is 9.19. The molecule has 0 saturated carbocycles. The quantitative estimate of drug-likeness (QED) is 0.822. The number of hydrogen-bond acceptors (Lipinski definition) is 3. The predicted molar refractivity (Wildman–Crippen MR) is 59.3 cm³/mol. The van der Waals surface area contributed by atoms with E-state index in [2.05, 4.69) is 11.4 Å². The Morgan fingerprint density at radius 3 is 2.71 bits per heavy atom. The van der Waals surface area contributed by atoms with E-state index in [0.29, 0.717) is 18.7 Å². The number of halogens is 1. The summed E-state index contributed by atoms with van der Waals surface area (Å²) in [7, 11) is 0. The van der Waals surface area contributed by atoms with Gasteiger partial charge < -0.3 is 10.2 Å². The molecule has 1 unspecified atom stereocenters. The van der Waals surface area contributed by atoms with Crippen molar-refractivity contribution in [2.75, 3.05) is 19.6 Å². The van der Waals surface area contributed by atoms with Gasteiger partial charge in [-0.05, 0) is 17.7 Å². The maximum Gasteiger partial charge on any atom is 0.237 e. The number of nitriles is 1. The van der Waals surface area contributed by atoms with Crippen LogP contribution in [0, 0.1) is 17.1 Å². The number of amides is 1. The third-order valence-corrected chi connectivity index (χ3v) is 2.75. The molecule has 1 fully saturated rings. The molecular weight excluding hydrogens is 221 g/mol. The summed E-state index contributed by atoms with van der Waals surface area (Å²) in [5.74, 6) is -0.454. The Hall–Kier alpha value is -1.93. The molecule has 17 heavy (non-hydrogen) atoms. The molecule has 1 aliphatic rings. The van der Waals surface area contributed by atoms with Gasteiger partial charge in [-0.2, -0.15) is 5.26 Å². The van der Waals surface area contributed by atoms with Crippen molar-refractivity contribution in [1.29, 1.82) is 5.26 Å². The third-order valence-electron chi connectivity index (χ3n) is 2.75. The summed E-state index contributed by atoms with van der Waals surface area (Å²) >= 11 is 0. The third kappa shape index (κ3) is 2.43. The Bertz CT molecular complexity index is 452. The summed E-state index contributed by atoms with van der Waals surface area (Å²) in [5, 5.41) is 12.1. The van der Waals surface area contributed by atoms with Crippen LogP contribution in [0.2, 0.25) is 0 Å². The second kappa shape index (κ2) is 4.93. The normalized spacial score (nSPS) is 17.6. The molecule has 1 aromatic rings. The van der Waals surface area contributed by atoms with E-state index >= 15 is 0 Å². The molecule has 1 heterocycles. The van der Waals surface area contributed by atoms with Crippen LogP contribution in [-0.4, -0.2) is 30.4 Å². The molecule has 1 saturated heterocycles. The van der Waals surface area contributed by atoms with E-state index in [0.717, 1.165) is 0 Å². The fraction of sp³-hybridized carbons (Fsp3) is 0.333. The first kappa shape index (κ1) is 11.6. The van der Waals surface area contributed by atoms with Crippen LogP contribution >= 0.6 is 0 Å². The molecule has 88 valence electrons. The molecule has 0 spiro atoms. The van der Waals surface area contributed by atoms with Gasteiger partial charge in [0, 0.05) is 13.1 Å². The second-order valence-electron chi connectivity index (χ2n) is 3.85. The van der Waals surface area contributed by atoms with E-state index in [1.165, 1.54) is 17.0 Å². The highest BCUT2D eigenvalue weighted by atomic mass is 19.1. The molecular formula is C12H12FN3O. The Balaban J connectivity index is 2.24. The van der Waals surface area contributed by atoms with Gasteiger partial charge in [-0.15, -0.1) is 0 Å². The zero-order chi connectivity index (χ0) is 12.3. The average Bonchev–Trinajstić information content (AvgIpc) is 2.35. The summed E-state index contributed by atoms with van der Waals surface area (Å²) in [6.45, 7) is 1.42. The van der Waals surface area contributed by atoms with Crippen molar-refractivity contribution in [2.45, 2.75) is 6.04 Å². The number of carbonyl (C=O) groups is 1. The summed E-state index contributed by atoms with van der Waals surface area (Å²) in [6.07, 6.45) is 0. The lowest BCUT2D eigenvalue weighted by molar-refractivity contribution is -0.133. The molecule has 2 rings (SSSR count). The summed E-state index contributed by atoms with van der Waals surface area (Å²) in [5.41, 5.74) is 0.643. The first-order chi connectivity index (χ1) is 8.22. The van der Waals surface area contributed by atoms with Crippen LogP contribution in [0.1, 0.15) is 11.6 Å². The fourth-order valence-electron chi connectivity index (χ4n) is 1.86. The van der Waals surface area contributed by atoms with Crippen molar-refractivity contribution in [3.8, 4) is 6.07 Å². The van der Waals surface area contributed by atoms with E-state index < -0.39 is 6.04 Å². The Morgan fingerprint density at radius 1 is 1.41 bits per heavy atom. The highest BCUT2D eigenvalue weighted by Gasteiger charge is 2.26.